The van der Waals surface area contributed by atoms with E-state index in [2.05, 4.69) is 31.9 Å². The SMILES string of the molecule is CNC(=O)COCC(=O)NCCCCCCNC(=O)COCC(=O)NCCOc1cccc(NC(=O)N[C@@H]2N=C(c3ccccc3)c3ccccc3N(C)C2=O)c1. The van der Waals surface area contributed by atoms with Crippen LogP contribution in [-0.4, -0.2) is 114 Å². The van der Waals surface area contributed by atoms with Crippen LogP contribution in [0, 0.1) is 0 Å². The van der Waals surface area contributed by atoms with Crippen molar-refractivity contribution in [3.8, 4) is 5.75 Å². The maximum Gasteiger partial charge on any atom is 0.321 e. The fraction of sp³-hybridized carbons (Fsp3) is 0.375. The average molecular weight is 787 g/mol. The Labute approximate surface area is 331 Å². The number of para-hydroxylation sites is 1. The lowest BCUT2D eigenvalue weighted by Crippen LogP contribution is -2.47. The normalized spacial score (nSPS) is 13.3. The van der Waals surface area contributed by atoms with Gasteiger partial charge in [-0.15, -0.1) is 0 Å². The van der Waals surface area contributed by atoms with Crippen LogP contribution in [0.5, 0.6) is 5.75 Å². The van der Waals surface area contributed by atoms with E-state index in [-0.39, 0.29) is 57.3 Å². The Morgan fingerprint density at radius 3 is 1.95 bits per heavy atom. The van der Waals surface area contributed by atoms with Crippen molar-refractivity contribution in [3.05, 3.63) is 90.0 Å². The van der Waals surface area contributed by atoms with Gasteiger partial charge in [-0.3, -0.25) is 24.0 Å². The lowest BCUT2D eigenvalue weighted by atomic mass is 10.0. The van der Waals surface area contributed by atoms with Gasteiger partial charge in [-0.25, -0.2) is 9.79 Å². The summed E-state index contributed by atoms with van der Waals surface area (Å²) in [7, 11) is 3.13. The van der Waals surface area contributed by atoms with Crippen LogP contribution in [0.2, 0.25) is 0 Å². The first-order valence-corrected chi connectivity index (χ1v) is 18.6. The largest absolute Gasteiger partial charge is 0.492 e. The number of amides is 7. The molecule has 1 aliphatic heterocycles. The summed E-state index contributed by atoms with van der Waals surface area (Å²) < 4.78 is 15.9. The van der Waals surface area contributed by atoms with Gasteiger partial charge in [0.15, 0.2) is 0 Å². The van der Waals surface area contributed by atoms with Crippen molar-refractivity contribution < 1.29 is 43.0 Å². The van der Waals surface area contributed by atoms with Crippen LogP contribution in [0.25, 0.3) is 0 Å². The second kappa shape index (κ2) is 23.6. The van der Waals surface area contributed by atoms with Crippen LogP contribution in [0.1, 0.15) is 36.8 Å². The lowest BCUT2D eigenvalue weighted by Gasteiger charge is -2.21. The highest BCUT2D eigenvalue weighted by atomic mass is 16.5. The number of carbonyl (C=O) groups excluding carboxylic acids is 6. The number of benzodiazepines with no additional fused rings is 1. The number of aliphatic imine (C=N–C) groups is 1. The first-order valence-electron chi connectivity index (χ1n) is 18.6. The number of hydrogen-bond donors (Lipinski definition) is 6. The van der Waals surface area contributed by atoms with Gasteiger partial charge in [-0.2, -0.15) is 0 Å². The first-order chi connectivity index (χ1) is 27.6. The van der Waals surface area contributed by atoms with Gasteiger partial charge in [0.1, 0.15) is 38.8 Å². The summed E-state index contributed by atoms with van der Waals surface area (Å²) in [4.78, 5) is 79.6. The number of nitrogens with zero attached hydrogens (tertiary/aromatic N) is 2. The van der Waals surface area contributed by atoms with Gasteiger partial charge >= 0.3 is 6.03 Å². The smallest absolute Gasteiger partial charge is 0.321 e. The molecule has 0 saturated carbocycles. The molecule has 6 N–H and O–H groups in total. The molecule has 17 nitrogen and oxygen atoms in total. The number of benzene rings is 3. The van der Waals surface area contributed by atoms with Gasteiger partial charge in [0, 0.05) is 50.1 Å². The zero-order valence-corrected chi connectivity index (χ0v) is 32.1. The fourth-order valence-electron chi connectivity index (χ4n) is 5.51. The maximum absolute atomic E-state index is 13.4. The third kappa shape index (κ3) is 15.0. The molecule has 17 heteroatoms. The highest BCUT2D eigenvalue weighted by molar-refractivity contribution is 6.20. The van der Waals surface area contributed by atoms with Crippen molar-refractivity contribution in [3.63, 3.8) is 0 Å². The molecule has 3 aromatic carbocycles. The third-order valence-electron chi connectivity index (χ3n) is 8.40. The summed E-state index contributed by atoms with van der Waals surface area (Å²) in [6, 6.07) is 22.9. The van der Waals surface area contributed by atoms with Crippen LogP contribution in [-0.2, 0) is 33.4 Å². The molecule has 4 rings (SSSR count). The summed E-state index contributed by atoms with van der Waals surface area (Å²) in [5.41, 5.74) is 3.24. The Kier molecular flexibility index (Phi) is 17.9. The predicted octanol–water partition coefficient (Wildman–Crippen LogP) is 1.72. The standard InChI is InChI=1S/C40H50N8O9/c1-41-33(49)24-55-25-34(50)42-19-10-3-4-11-20-43-35(51)26-56-27-36(52)44-21-22-57-30-16-12-15-29(23-30)45-40(54)47-38-39(53)48(2)32-18-9-8-17-31(32)37(46-38)28-13-6-5-7-14-28/h5-9,12-18,23,38H,3-4,10-11,19-22,24-27H2,1-2H3,(H,41,49)(H,42,50)(H,43,51)(H,44,52)(H2,45,47,54)/t38-/m0/s1. The molecule has 7 amide bonds. The van der Waals surface area contributed by atoms with Crippen molar-refractivity contribution in [1.82, 2.24) is 26.6 Å². The van der Waals surface area contributed by atoms with Crippen LogP contribution in [0.4, 0.5) is 16.2 Å². The fourth-order valence-corrected chi connectivity index (χ4v) is 5.51. The molecule has 0 spiro atoms. The van der Waals surface area contributed by atoms with E-state index in [0.29, 0.717) is 35.9 Å². The number of fused-ring (bicyclic) bond motifs is 1. The molecule has 0 aliphatic carbocycles. The molecular formula is C40H50N8O9. The monoisotopic (exact) mass is 786 g/mol. The predicted molar refractivity (Wildman–Crippen MR) is 213 cm³/mol. The van der Waals surface area contributed by atoms with Crippen molar-refractivity contribution in [2.45, 2.75) is 31.8 Å². The molecule has 0 fully saturated rings. The number of carbonyl (C=O) groups is 6. The Hall–Kier alpha value is -6.33. The molecule has 1 heterocycles. The number of rotatable bonds is 22. The minimum atomic E-state index is -1.19. The van der Waals surface area contributed by atoms with Gasteiger partial charge in [-0.05, 0) is 31.0 Å². The van der Waals surface area contributed by atoms with Crippen LogP contribution in [0.3, 0.4) is 0 Å². The number of anilines is 2. The first kappa shape index (κ1) is 43.4. The van der Waals surface area contributed by atoms with Crippen LogP contribution in [0.15, 0.2) is 83.9 Å². The minimum Gasteiger partial charge on any atom is -0.492 e. The molecule has 0 unspecified atom stereocenters. The lowest BCUT2D eigenvalue weighted by molar-refractivity contribution is -0.132. The average Bonchev–Trinajstić information content (AvgIpc) is 3.31. The van der Waals surface area contributed by atoms with Crippen LogP contribution < -0.4 is 41.5 Å². The van der Waals surface area contributed by atoms with Gasteiger partial charge in [0.05, 0.1) is 17.9 Å². The molecule has 1 aliphatic rings. The molecule has 0 bridgehead atoms. The molecule has 0 radical (unpaired) electrons. The molecular weight excluding hydrogens is 736 g/mol. The topological polar surface area (TPSA) is 218 Å². The zero-order valence-electron chi connectivity index (χ0n) is 32.1. The second-order valence-corrected chi connectivity index (χ2v) is 12.8. The number of hydrogen-bond acceptors (Lipinski definition) is 10. The van der Waals surface area contributed by atoms with Gasteiger partial charge in [-0.1, -0.05) is 67.4 Å². The molecule has 1 atom stereocenters. The van der Waals surface area contributed by atoms with E-state index in [1.54, 1.807) is 31.3 Å². The Morgan fingerprint density at radius 2 is 1.30 bits per heavy atom. The summed E-state index contributed by atoms with van der Waals surface area (Å²) in [6.07, 6.45) is 2.05. The molecule has 304 valence electrons. The minimum absolute atomic E-state index is 0.127. The summed E-state index contributed by atoms with van der Waals surface area (Å²) in [5, 5.41) is 15.9. The Bertz CT molecular complexity index is 1860. The van der Waals surface area contributed by atoms with E-state index < -0.39 is 24.0 Å². The van der Waals surface area contributed by atoms with E-state index in [4.69, 9.17) is 19.2 Å². The summed E-state index contributed by atoms with van der Waals surface area (Å²) >= 11 is 0. The number of nitrogens with one attached hydrogen (secondary N) is 6. The van der Waals surface area contributed by atoms with E-state index in [1.807, 2.05) is 54.6 Å². The van der Waals surface area contributed by atoms with Crippen molar-refractivity contribution in [2.24, 2.45) is 4.99 Å². The summed E-state index contributed by atoms with van der Waals surface area (Å²) in [5.74, 6) is -1.29. The van der Waals surface area contributed by atoms with Crippen molar-refractivity contribution >= 4 is 52.7 Å². The summed E-state index contributed by atoms with van der Waals surface area (Å²) in [6.45, 7) is 0.358. The van der Waals surface area contributed by atoms with Gasteiger partial charge < -0.3 is 51.0 Å². The van der Waals surface area contributed by atoms with Crippen molar-refractivity contribution in [1.29, 1.82) is 0 Å². The molecule has 3 aromatic rings. The van der Waals surface area contributed by atoms with Crippen molar-refractivity contribution in [2.75, 3.05) is 77.0 Å². The van der Waals surface area contributed by atoms with E-state index in [0.717, 1.165) is 36.8 Å². The maximum atomic E-state index is 13.4. The number of likely N-dealkylation sites (N-methyl/N-ethyl adjacent to an activating group) is 2. The third-order valence-corrected chi connectivity index (χ3v) is 8.40. The van der Waals surface area contributed by atoms with Gasteiger partial charge in [0.2, 0.25) is 29.8 Å². The number of unbranched alkanes of at least 4 members (excludes halogenated alkanes) is 3. The van der Waals surface area contributed by atoms with E-state index in [9.17, 15) is 28.8 Å². The van der Waals surface area contributed by atoms with Gasteiger partial charge in [0.25, 0.3) is 5.91 Å². The second-order valence-electron chi connectivity index (χ2n) is 12.8. The Morgan fingerprint density at radius 1 is 0.702 bits per heavy atom. The quantitative estimate of drug-likeness (QED) is 0.0817. The zero-order chi connectivity index (χ0) is 40.8. The van der Waals surface area contributed by atoms with E-state index >= 15 is 0 Å². The number of urea groups is 1. The number of ether oxygens (including phenoxy) is 3. The molecule has 0 aromatic heterocycles. The highest BCUT2D eigenvalue weighted by Crippen LogP contribution is 2.27. The Balaban J connectivity index is 1.08. The van der Waals surface area contributed by atoms with Crippen LogP contribution >= 0.6 is 0 Å². The van der Waals surface area contributed by atoms with E-state index in [1.165, 1.54) is 11.9 Å². The molecule has 0 saturated heterocycles. The highest BCUT2D eigenvalue weighted by Gasteiger charge is 2.31. The molecule has 57 heavy (non-hydrogen) atoms.